The molecule has 0 atom stereocenters. The van der Waals surface area contributed by atoms with Gasteiger partial charge in [-0.2, -0.15) is 18.3 Å². The zero-order valence-corrected chi connectivity index (χ0v) is 14.1. The van der Waals surface area contributed by atoms with Crippen LogP contribution in [0.2, 0.25) is 5.02 Å². The highest BCUT2D eigenvalue weighted by Crippen LogP contribution is 2.31. The first-order chi connectivity index (χ1) is 12.6. The number of carbonyl (C=O) groups is 1. The third kappa shape index (κ3) is 5.05. The smallest absolute Gasteiger partial charge is 0.490 e. The van der Waals surface area contributed by atoms with Crippen molar-refractivity contribution in [3.8, 4) is 17.1 Å². The van der Waals surface area contributed by atoms with Crippen molar-refractivity contribution < 1.29 is 33.3 Å². The molecule has 0 bridgehead atoms. The standard InChI is InChI=1S/C13H11ClN4O2.C2HF3O2/c14-9-3-8-6-17-18(1-2-19)13(8)10(4-9)11-5-12(20)16-7-15-11;3-2(4,5)1(6)7/h3-7,19H,1-2H2,(H,15,16,20);(H,6,7). The second kappa shape index (κ2) is 8.18. The Labute approximate surface area is 154 Å². The molecule has 0 aliphatic rings. The van der Waals surface area contributed by atoms with Crippen LogP contribution in [0, 0.1) is 0 Å². The molecule has 144 valence electrons. The Morgan fingerprint density at radius 3 is 2.44 bits per heavy atom. The maximum Gasteiger partial charge on any atom is 0.490 e. The van der Waals surface area contributed by atoms with Crippen molar-refractivity contribution in [1.29, 1.82) is 0 Å². The normalized spacial score (nSPS) is 11.1. The maximum atomic E-state index is 10.6. The van der Waals surface area contributed by atoms with Gasteiger partial charge in [0.15, 0.2) is 0 Å². The molecule has 12 heteroatoms. The van der Waals surface area contributed by atoms with Gasteiger partial charge in [-0.05, 0) is 12.1 Å². The number of rotatable bonds is 3. The van der Waals surface area contributed by atoms with E-state index in [0.717, 1.165) is 16.5 Å². The predicted octanol–water partition coefficient (Wildman–Crippen LogP) is 2.48. The van der Waals surface area contributed by atoms with Crippen LogP contribution in [-0.2, 0) is 11.3 Å². The molecule has 1 aromatic carbocycles. The number of alkyl halides is 3. The lowest BCUT2D eigenvalue weighted by molar-refractivity contribution is -0.192. The third-order valence-electron chi connectivity index (χ3n) is 3.18. The number of aromatic nitrogens is 4. The molecular weight excluding hydrogens is 393 g/mol. The summed E-state index contributed by atoms with van der Waals surface area (Å²) in [6, 6.07) is 5.00. The summed E-state index contributed by atoms with van der Waals surface area (Å²) in [7, 11) is 0. The highest BCUT2D eigenvalue weighted by Gasteiger charge is 2.38. The molecule has 2 heterocycles. The molecule has 3 rings (SSSR count). The maximum absolute atomic E-state index is 10.6. The minimum atomic E-state index is -5.08. The molecule has 0 saturated heterocycles. The van der Waals surface area contributed by atoms with E-state index in [4.69, 9.17) is 26.6 Å². The van der Waals surface area contributed by atoms with Crippen molar-refractivity contribution in [2.45, 2.75) is 12.7 Å². The zero-order valence-electron chi connectivity index (χ0n) is 13.4. The van der Waals surface area contributed by atoms with Crippen molar-refractivity contribution in [2.75, 3.05) is 6.61 Å². The van der Waals surface area contributed by atoms with Gasteiger partial charge in [0.05, 0.1) is 30.6 Å². The second-order valence-corrected chi connectivity index (χ2v) is 5.48. The number of fused-ring (bicyclic) bond motifs is 1. The molecule has 3 N–H and O–H groups in total. The molecule has 0 aliphatic heterocycles. The van der Waals surface area contributed by atoms with Gasteiger partial charge in [-0.1, -0.05) is 11.6 Å². The van der Waals surface area contributed by atoms with Crippen LogP contribution < -0.4 is 0 Å². The van der Waals surface area contributed by atoms with Gasteiger partial charge in [0, 0.05) is 22.0 Å². The van der Waals surface area contributed by atoms with Gasteiger partial charge >= 0.3 is 12.1 Å². The lowest BCUT2D eigenvalue weighted by atomic mass is 10.1. The Kier molecular flexibility index (Phi) is 6.18. The van der Waals surface area contributed by atoms with Crippen molar-refractivity contribution in [2.24, 2.45) is 0 Å². The van der Waals surface area contributed by atoms with E-state index in [9.17, 15) is 18.3 Å². The van der Waals surface area contributed by atoms with Crippen LogP contribution in [0.15, 0.2) is 30.7 Å². The van der Waals surface area contributed by atoms with E-state index in [2.05, 4.69) is 15.1 Å². The van der Waals surface area contributed by atoms with Crippen LogP contribution >= 0.6 is 11.6 Å². The van der Waals surface area contributed by atoms with E-state index >= 15 is 0 Å². The summed E-state index contributed by atoms with van der Waals surface area (Å²) in [6.07, 6.45) is -2.12. The van der Waals surface area contributed by atoms with E-state index in [1.807, 2.05) is 0 Å². The van der Waals surface area contributed by atoms with Crippen molar-refractivity contribution in [1.82, 2.24) is 19.7 Å². The Morgan fingerprint density at radius 2 is 1.89 bits per heavy atom. The number of aliphatic hydroxyl groups is 1. The van der Waals surface area contributed by atoms with Gasteiger partial charge in [-0.15, -0.1) is 0 Å². The Bertz CT molecular complexity index is 962. The highest BCUT2D eigenvalue weighted by molar-refractivity contribution is 6.31. The summed E-state index contributed by atoms with van der Waals surface area (Å²) in [5, 5.41) is 31.3. The van der Waals surface area contributed by atoms with Gasteiger partial charge in [-0.25, -0.2) is 14.8 Å². The lowest BCUT2D eigenvalue weighted by Crippen LogP contribution is -2.21. The number of carboxylic acid groups (broad SMARTS) is 1. The Balaban J connectivity index is 0.000000321. The largest absolute Gasteiger partial charge is 0.493 e. The fraction of sp³-hybridized carbons (Fsp3) is 0.200. The molecule has 0 unspecified atom stereocenters. The number of aromatic hydroxyl groups is 1. The number of aliphatic hydroxyl groups excluding tert-OH is 1. The molecule has 3 aromatic rings. The van der Waals surface area contributed by atoms with Gasteiger partial charge < -0.3 is 15.3 Å². The molecular formula is C15H12ClF3N4O4. The Morgan fingerprint density at radius 1 is 1.22 bits per heavy atom. The second-order valence-electron chi connectivity index (χ2n) is 5.05. The van der Waals surface area contributed by atoms with E-state index in [1.165, 1.54) is 12.4 Å². The molecule has 0 radical (unpaired) electrons. The number of carboxylic acids is 1. The van der Waals surface area contributed by atoms with Crippen molar-refractivity contribution in [3.05, 3.63) is 35.7 Å². The summed E-state index contributed by atoms with van der Waals surface area (Å²) in [4.78, 5) is 16.7. The van der Waals surface area contributed by atoms with Gasteiger partial charge in [-0.3, -0.25) is 4.68 Å². The topological polar surface area (TPSA) is 121 Å². The number of aliphatic carboxylic acids is 1. The van der Waals surface area contributed by atoms with Gasteiger partial charge in [0.25, 0.3) is 0 Å². The molecule has 8 nitrogen and oxygen atoms in total. The van der Waals surface area contributed by atoms with Crippen LogP contribution in [0.4, 0.5) is 13.2 Å². The molecule has 0 fully saturated rings. The van der Waals surface area contributed by atoms with E-state index in [0.29, 0.717) is 17.3 Å². The predicted molar refractivity (Wildman–Crippen MR) is 88.2 cm³/mol. The third-order valence-corrected chi connectivity index (χ3v) is 3.40. The first kappa shape index (κ1) is 20.4. The first-order valence-electron chi connectivity index (χ1n) is 7.21. The van der Waals surface area contributed by atoms with Crippen LogP contribution in [0.25, 0.3) is 22.2 Å². The van der Waals surface area contributed by atoms with Crippen LogP contribution in [0.5, 0.6) is 5.88 Å². The summed E-state index contributed by atoms with van der Waals surface area (Å²) in [5.74, 6) is -2.87. The average Bonchev–Trinajstić information content (AvgIpc) is 2.97. The molecule has 0 aliphatic carbocycles. The van der Waals surface area contributed by atoms with Gasteiger partial charge in [0.2, 0.25) is 5.88 Å². The quantitative estimate of drug-likeness (QED) is 0.613. The number of nitrogens with zero attached hydrogens (tertiary/aromatic N) is 4. The van der Waals surface area contributed by atoms with Crippen LogP contribution in [-0.4, -0.2) is 53.8 Å². The summed E-state index contributed by atoms with van der Waals surface area (Å²) >= 11 is 6.11. The van der Waals surface area contributed by atoms with Crippen molar-refractivity contribution >= 4 is 28.5 Å². The van der Waals surface area contributed by atoms with E-state index in [1.54, 1.807) is 23.0 Å². The van der Waals surface area contributed by atoms with Crippen molar-refractivity contribution in [3.63, 3.8) is 0 Å². The van der Waals surface area contributed by atoms with E-state index in [-0.39, 0.29) is 12.5 Å². The highest BCUT2D eigenvalue weighted by atomic mass is 35.5. The monoisotopic (exact) mass is 404 g/mol. The fourth-order valence-corrected chi connectivity index (χ4v) is 2.38. The Hall–Kier alpha value is -2.92. The number of halogens is 4. The SMILES string of the molecule is O=C(O)C(F)(F)F.OCCn1ncc2cc(Cl)cc(-c3cc(O)ncn3)c21. The minimum absolute atomic E-state index is 0.0200. The molecule has 27 heavy (non-hydrogen) atoms. The molecule has 2 aromatic heterocycles. The zero-order chi connectivity index (χ0) is 20.2. The number of hydrogen-bond donors (Lipinski definition) is 3. The summed E-state index contributed by atoms with van der Waals surface area (Å²) in [6.45, 7) is 0.350. The summed E-state index contributed by atoms with van der Waals surface area (Å²) < 4.78 is 33.4. The van der Waals surface area contributed by atoms with Crippen LogP contribution in [0.1, 0.15) is 0 Å². The average molecular weight is 405 g/mol. The molecule has 0 spiro atoms. The fourth-order valence-electron chi connectivity index (χ4n) is 2.15. The van der Waals surface area contributed by atoms with Crippen LogP contribution in [0.3, 0.4) is 0 Å². The molecule has 0 saturated carbocycles. The lowest BCUT2D eigenvalue weighted by Gasteiger charge is -2.08. The first-order valence-corrected chi connectivity index (χ1v) is 7.58. The minimum Gasteiger partial charge on any atom is -0.493 e. The number of hydrogen-bond acceptors (Lipinski definition) is 6. The summed E-state index contributed by atoms with van der Waals surface area (Å²) in [5.41, 5.74) is 2.09. The van der Waals surface area contributed by atoms with Gasteiger partial charge in [0.1, 0.15) is 6.33 Å². The number of benzene rings is 1. The van der Waals surface area contributed by atoms with E-state index < -0.39 is 12.1 Å². The molecule has 0 amide bonds.